The van der Waals surface area contributed by atoms with Crippen molar-refractivity contribution in [3.63, 3.8) is 0 Å². The molecule has 3 aromatic rings. The van der Waals surface area contributed by atoms with Crippen LogP contribution in [0.3, 0.4) is 0 Å². The monoisotopic (exact) mass is 270 g/mol. The second-order valence-electron chi connectivity index (χ2n) is 4.16. The Bertz CT molecular complexity index is 714. The molecule has 0 atom stereocenters. The molecular weight excluding hydrogens is 260 g/mol. The first kappa shape index (κ1) is 11.6. The molecule has 0 radical (unpaired) electrons. The van der Waals surface area contributed by atoms with E-state index in [2.05, 4.69) is 55.1 Å². The van der Waals surface area contributed by atoms with Gasteiger partial charge in [-0.1, -0.05) is 66.2 Å². The van der Waals surface area contributed by atoms with Gasteiger partial charge in [-0.2, -0.15) is 0 Å². The molecule has 3 rings (SSSR count). The van der Waals surface area contributed by atoms with Crippen molar-refractivity contribution in [2.75, 3.05) is 0 Å². The molecule has 0 fully saturated rings. The molecule has 88 valence electrons. The molecular formula is C16H11ClS. The van der Waals surface area contributed by atoms with E-state index in [4.69, 9.17) is 11.6 Å². The minimum atomic E-state index is 0.684. The van der Waals surface area contributed by atoms with Crippen molar-refractivity contribution in [3.05, 3.63) is 65.7 Å². The van der Waals surface area contributed by atoms with Gasteiger partial charge < -0.3 is 0 Å². The van der Waals surface area contributed by atoms with E-state index in [1.54, 1.807) is 0 Å². The van der Waals surface area contributed by atoms with Gasteiger partial charge in [0.2, 0.25) is 0 Å². The van der Waals surface area contributed by atoms with Crippen molar-refractivity contribution in [2.24, 2.45) is 0 Å². The number of rotatable bonds is 1. The summed E-state index contributed by atoms with van der Waals surface area (Å²) in [5.41, 5.74) is 2.24. The van der Waals surface area contributed by atoms with Crippen molar-refractivity contribution < 1.29 is 0 Å². The van der Waals surface area contributed by atoms with Gasteiger partial charge in [-0.25, -0.2) is 0 Å². The van der Waals surface area contributed by atoms with Gasteiger partial charge in [-0.3, -0.25) is 0 Å². The number of halogens is 1. The summed E-state index contributed by atoms with van der Waals surface area (Å²) in [6.07, 6.45) is 0. The van der Waals surface area contributed by atoms with Gasteiger partial charge >= 0.3 is 0 Å². The summed E-state index contributed by atoms with van der Waals surface area (Å²) in [7, 11) is 0. The smallest absolute Gasteiger partial charge is 0.0545 e. The fraction of sp³-hybridized carbons (Fsp3) is 0. The van der Waals surface area contributed by atoms with E-state index in [-0.39, 0.29) is 0 Å². The highest BCUT2D eigenvalue weighted by atomic mass is 35.5. The summed E-state index contributed by atoms with van der Waals surface area (Å²) in [6, 6.07) is 20.5. The molecule has 0 amide bonds. The zero-order valence-corrected chi connectivity index (χ0v) is 11.2. The Kier molecular flexibility index (Phi) is 3.02. The van der Waals surface area contributed by atoms with Gasteiger partial charge in [-0.15, -0.1) is 12.6 Å². The van der Waals surface area contributed by atoms with Gasteiger partial charge in [0.05, 0.1) is 5.02 Å². The quantitative estimate of drug-likeness (QED) is 0.559. The van der Waals surface area contributed by atoms with E-state index in [0.717, 1.165) is 10.5 Å². The van der Waals surface area contributed by atoms with Gasteiger partial charge in [-0.05, 0) is 28.0 Å². The van der Waals surface area contributed by atoms with Crippen LogP contribution in [0.15, 0.2) is 65.6 Å². The lowest BCUT2D eigenvalue weighted by atomic mass is 9.98. The first-order valence-electron chi connectivity index (χ1n) is 5.73. The molecule has 0 heterocycles. The van der Waals surface area contributed by atoms with Crippen molar-refractivity contribution in [3.8, 4) is 11.1 Å². The van der Waals surface area contributed by atoms with Crippen molar-refractivity contribution in [1.82, 2.24) is 0 Å². The molecule has 0 unspecified atom stereocenters. The lowest BCUT2D eigenvalue weighted by Gasteiger charge is -2.10. The molecule has 0 N–H and O–H groups in total. The summed E-state index contributed by atoms with van der Waals surface area (Å²) in [5.74, 6) is 0. The maximum atomic E-state index is 6.14. The lowest BCUT2D eigenvalue weighted by Crippen LogP contribution is -1.83. The molecule has 0 spiro atoms. The van der Waals surface area contributed by atoms with Crippen molar-refractivity contribution in [2.45, 2.75) is 4.90 Å². The highest BCUT2D eigenvalue weighted by Crippen LogP contribution is 2.35. The van der Waals surface area contributed by atoms with Crippen LogP contribution >= 0.6 is 24.2 Å². The minimum Gasteiger partial charge on any atom is -0.141 e. The Morgan fingerprint density at radius 1 is 0.722 bits per heavy atom. The SMILES string of the molecule is Sc1c(Cl)cccc1-c1cccc2ccccc12. The third-order valence-electron chi connectivity index (χ3n) is 3.07. The van der Waals surface area contributed by atoms with Gasteiger partial charge in [0.25, 0.3) is 0 Å². The maximum absolute atomic E-state index is 6.14. The lowest BCUT2D eigenvalue weighted by molar-refractivity contribution is 1.47. The Morgan fingerprint density at radius 2 is 1.39 bits per heavy atom. The standard InChI is InChI=1S/C16H11ClS/c17-15-10-4-9-14(16(15)18)13-8-3-6-11-5-1-2-7-12(11)13/h1-10,18H. The number of hydrogen-bond acceptors (Lipinski definition) is 1. The van der Waals surface area contributed by atoms with E-state index in [1.165, 1.54) is 16.3 Å². The Labute approximate surface area is 117 Å². The minimum absolute atomic E-state index is 0.684. The Morgan fingerprint density at radius 3 is 2.28 bits per heavy atom. The van der Waals surface area contributed by atoms with Crippen LogP contribution in [0.1, 0.15) is 0 Å². The van der Waals surface area contributed by atoms with Crippen LogP contribution in [0, 0.1) is 0 Å². The first-order chi connectivity index (χ1) is 8.77. The number of hydrogen-bond donors (Lipinski definition) is 1. The molecule has 0 aliphatic carbocycles. The molecule has 18 heavy (non-hydrogen) atoms. The van der Waals surface area contributed by atoms with Crippen LogP contribution < -0.4 is 0 Å². The predicted octanol–water partition coefficient (Wildman–Crippen LogP) is 5.45. The molecule has 0 bridgehead atoms. The Balaban J connectivity index is 2.35. The molecule has 2 heteroatoms. The van der Waals surface area contributed by atoms with Crippen molar-refractivity contribution in [1.29, 1.82) is 0 Å². The van der Waals surface area contributed by atoms with E-state index < -0.39 is 0 Å². The summed E-state index contributed by atoms with van der Waals surface area (Å²) in [6.45, 7) is 0. The zero-order valence-electron chi connectivity index (χ0n) is 9.60. The second kappa shape index (κ2) is 4.68. The Hall–Kier alpha value is -1.44. The molecule has 0 saturated carbocycles. The summed E-state index contributed by atoms with van der Waals surface area (Å²) < 4.78 is 0. The van der Waals surface area contributed by atoms with Crippen LogP contribution in [-0.2, 0) is 0 Å². The second-order valence-corrected chi connectivity index (χ2v) is 5.02. The number of fused-ring (bicyclic) bond motifs is 1. The average molecular weight is 271 g/mol. The van der Waals surface area contributed by atoms with Crippen LogP contribution in [-0.4, -0.2) is 0 Å². The molecule has 0 aliphatic rings. The summed E-state index contributed by atoms with van der Waals surface area (Å²) >= 11 is 10.7. The number of thiol groups is 1. The van der Waals surface area contributed by atoms with Crippen molar-refractivity contribution >= 4 is 35.0 Å². The molecule has 0 saturated heterocycles. The highest BCUT2D eigenvalue weighted by Gasteiger charge is 2.08. The van der Waals surface area contributed by atoms with Crippen LogP contribution in [0.4, 0.5) is 0 Å². The van der Waals surface area contributed by atoms with Gasteiger partial charge in [0.15, 0.2) is 0 Å². The van der Waals surface area contributed by atoms with E-state index in [0.29, 0.717) is 5.02 Å². The molecule has 0 nitrogen and oxygen atoms in total. The maximum Gasteiger partial charge on any atom is 0.0545 e. The normalized spacial score (nSPS) is 10.8. The van der Waals surface area contributed by atoms with E-state index in [1.807, 2.05) is 18.2 Å². The average Bonchev–Trinajstić information content (AvgIpc) is 2.41. The van der Waals surface area contributed by atoms with E-state index >= 15 is 0 Å². The van der Waals surface area contributed by atoms with E-state index in [9.17, 15) is 0 Å². The van der Waals surface area contributed by atoms with Crippen LogP contribution in [0.2, 0.25) is 5.02 Å². The summed E-state index contributed by atoms with van der Waals surface area (Å²) in [4.78, 5) is 0.829. The fourth-order valence-corrected chi connectivity index (χ4v) is 2.64. The third kappa shape index (κ3) is 1.90. The molecule has 0 aliphatic heterocycles. The largest absolute Gasteiger partial charge is 0.141 e. The number of benzene rings is 3. The molecule has 3 aromatic carbocycles. The predicted molar refractivity (Wildman–Crippen MR) is 81.6 cm³/mol. The van der Waals surface area contributed by atoms with Gasteiger partial charge in [0, 0.05) is 4.90 Å². The van der Waals surface area contributed by atoms with Crippen LogP contribution in [0.25, 0.3) is 21.9 Å². The zero-order chi connectivity index (χ0) is 12.5. The third-order valence-corrected chi connectivity index (χ3v) is 4.00. The van der Waals surface area contributed by atoms with Gasteiger partial charge in [0.1, 0.15) is 0 Å². The first-order valence-corrected chi connectivity index (χ1v) is 6.55. The summed E-state index contributed by atoms with van der Waals surface area (Å²) in [5, 5.41) is 3.13. The topological polar surface area (TPSA) is 0 Å². The highest BCUT2D eigenvalue weighted by molar-refractivity contribution is 7.80. The molecule has 0 aromatic heterocycles. The van der Waals surface area contributed by atoms with Crippen LogP contribution in [0.5, 0.6) is 0 Å². The fourth-order valence-electron chi connectivity index (χ4n) is 2.19.